The summed E-state index contributed by atoms with van der Waals surface area (Å²) < 4.78 is 0. The van der Waals surface area contributed by atoms with Crippen LogP contribution in [0, 0.1) is 13.8 Å². The standard InChI is InChI=1S/C13H14N2OS.C11H14N2S/c1-3-8-15-12(16)9-17-13(15)14-11-6-4-10(2)5-7-11;1-3-8-12-11(14)13-10-6-4-9(2)5-7-10/h3-7H,1,8-9H2,2H3;3-7H,1,8H2,2H3,(H2,12,13,14). The monoisotopic (exact) mass is 452 g/mol. The van der Waals surface area contributed by atoms with Gasteiger partial charge in [-0.3, -0.25) is 9.69 Å². The number of thioether (sulfide) groups is 1. The predicted octanol–water partition coefficient (Wildman–Crippen LogP) is 5.21. The minimum absolute atomic E-state index is 0.0979. The summed E-state index contributed by atoms with van der Waals surface area (Å²) in [5.41, 5.74) is 4.31. The van der Waals surface area contributed by atoms with Gasteiger partial charge in [0.15, 0.2) is 10.3 Å². The molecule has 0 spiro atoms. The molecule has 1 heterocycles. The number of aliphatic imine (C=N–C) groups is 1. The van der Waals surface area contributed by atoms with Crippen molar-refractivity contribution in [3.8, 4) is 0 Å². The first-order chi connectivity index (χ1) is 14.9. The Morgan fingerprint density at radius 1 is 1.10 bits per heavy atom. The number of thiocarbonyl (C=S) groups is 1. The fraction of sp³-hybridized carbons (Fsp3) is 0.208. The first-order valence-corrected chi connectivity index (χ1v) is 11.2. The molecule has 1 aliphatic rings. The second-order valence-electron chi connectivity index (χ2n) is 6.80. The number of rotatable bonds is 6. The van der Waals surface area contributed by atoms with Crippen molar-refractivity contribution in [2.24, 2.45) is 4.99 Å². The van der Waals surface area contributed by atoms with Crippen molar-refractivity contribution in [3.05, 3.63) is 85.0 Å². The molecule has 0 saturated carbocycles. The third-order valence-electron chi connectivity index (χ3n) is 4.14. The van der Waals surface area contributed by atoms with Crippen molar-refractivity contribution in [2.45, 2.75) is 13.8 Å². The number of benzene rings is 2. The number of carbonyl (C=O) groups excluding carboxylic acids is 1. The fourth-order valence-electron chi connectivity index (χ4n) is 2.50. The van der Waals surface area contributed by atoms with E-state index in [1.807, 2.05) is 55.5 Å². The van der Waals surface area contributed by atoms with Crippen LogP contribution in [0.5, 0.6) is 0 Å². The smallest absolute Gasteiger partial charge is 0.239 e. The molecule has 0 aromatic heterocycles. The summed E-state index contributed by atoms with van der Waals surface area (Å²) in [6.45, 7) is 12.5. The van der Waals surface area contributed by atoms with Gasteiger partial charge in [-0.05, 0) is 50.3 Å². The summed E-state index contributed by atoms with van der Waals surface area (Å²) in [4.78, 5) is 17.7. The van der Waals surface area contributed by atoms with E-state index in [0.717, 1.165) is 16.5 Å². The van der Waals surface area contributed by atoms with Gasteiger partial charge >= 0.3 is 0 Å². The first-order valence-electron chi connectivity index (χ1n) is 9.84. The molecule has 1 saturated heterocycles. The van der Waals surface area contributed by atoms with Crippen LogP contribution in [0.1, 0.15) is 11.1 Å². The highest BCUT2D eigenvalue weighted by atomic mass is 32.2. The van der Waals surface area contributed by atoms with Crippen LogP contribution in [0.25, 0.3) is 0 Å². The number of hydrogen-bond acceptors (Lipinski definition) is 4. The number of anilines is 1. The normalized spacial score (nSPS) is 13.9. The van der Waals surface area contributed by atoms with Crippen LogP contribution in [-0.4, -0.2) is 39.9 Å². The zero-order valence-electron chi connectivity index (χ0n) is 17.9. The van der Waals surface area contributed by atoms with Crippen molar-refractivity contribution >= 4 is 51.5 Å². The Labute approximate surface area is 194 Å². The SMILES string of the molecule is C=CCN1C(=O)CSC1=Nc1ccc(C)cc1.C=CCNC(=S)Nc1ccc(C)cc1. The maximum Gasteiger partial charge on any atom is 0.239 e. The van der Waals surface area contributed by atoms with Crippen molar-refractivity contribution in [1.29, 1.82) is 0 Å². The highest BCUT2D eigenvalue weighted by Crippen LogP contribution is 2.23. The van der Waals surface area contributed by atoms with E-state index >= 15 is 0 Å². The highest BCUT2D eigenvalue weighted by Gasteiger charge is 2.26. The van der Waals surface area contributed by atoms with E-state index in [4.69, 9.17) is 12.2 Å². The van der Waals surface area contributed by atoms with E-state index in [1.165, 1.54) is 22.9 Å². The van der Waals surface area contributed by atoms with Gasteiger partial charge in [-0.2, -0.15) is 0 Å². The Morgan fingerprint density at radius 2 is 1.71 bits per heavy atom. The Morgan fingerprint density at radius 3 is 2.29 bits per heavy atom. The lowest BCUT2D eigenvalue weighted by Crippen LogP contribution is -2.29. The van der Waals surface area contributed by atoms with E-state index in [2.05, 4.69) is 35.7 Å². The lowest BCUT2D eigenvalue weighted by molar-refractivity contribution is -0.123. The largest absolute Gasteiger partial charge is 0.359 e. The van der Waals surface area contributed by atoms with Gasteiger partial charge in [-0.25, -0.2) is 4.99 Å². The summed E-state index contributed by atoms with van der Waals surface area (Å²) in [5, 5.41) is 7.46. The second kappa shape index (κ2) is 12.7. The Kier molecular flexibility index (Phi) is 10.00. The molecule has 1 aliphatic heterocycles. The third kappa shape index (κ3) is 8.39. The van der Waals surface area contributed by atoms with Gasteiger partial charge in [0.1, 0.15) is 0 Å². The zero-order valence-corrected chi connectivity index (χ0v) is 19.6. The summed E-state index contributed by atoms with van der Waals surface area (Å²) in [6, 6.07) is 16.0. The van der Waals surface area contributed by atoms with Crippen LogP contribution in [0.4, 0.5) is 11.4 Å². The van der Waals surface area contributed by atoms with E-state index in [-0.39, 0.29) is 5.91 Å². The maximum absolute atomic E-state index is 11.6. The van der Waals surface area contributed by atoms with Gasteiger partial charge in [0.05, 0.1) is 11.4 Å². The number of nitrogens with zero attached hydrogens (tertiary/aromatic N) is 2. The predicted molar refractivity (Wildman–Crippen MR) is 138 cm³/mol. The average molecular weight is 453 g/mol. The lowest BCUT2D eigenvalue weighted by Gasteiger charge is -2.12. The maximum atomic E-state index is 11.6. The molecule has 0 atom stereocenters. The Hall–Kier alpha value is -2.90. The Bertz CT molecular complexity index is 937. The number of carbonyl (C=O) groups is 1. The number of hydrogen-bond donors (Lipinski definition) is 2. The molecular formula is C24H28N4OS2. The quantitative estimate of drug-likeness (QED) is 0.465. The summed E-state index contributed by atoms with van der Waals surface area (Å²) in [5.74, 6) is 0.569. The van der Waals surface area contributed by atoms with E-state index < -0.39 is 0 Å². The van der Waals surface area contributed by atoms with Gasteiger partial charge in [-0.1, -0.05) is 59.3 Å². The minimum Gasteiger partial charge on any atom is -0.359 e. The van der Waals surface area contributed by atoms with Gasteiger partial charge in [0.2, 0.25) is 5.91 Å². The fourth-order valence-corrected chi connectivity index (χ4v) is 3.61. The molecule has 0 radical (unpaired) electrons. The topological polar surface area (TPSA) is 56.7 Å². The van der Waals surface area contributed by atoms with Crippen LogP contribution in [-0.2, 0) is 4.79 Å². The molecular weight excluding hydrogens is 424 g/mol. The molecule has 0 bridgehead atoms. The van der Waals surface area contributed by atoms with Crippen LogP contribution in [0.2, 0.25) is 0 Å². The second-order valence-corrected chi connectivity index (χ2v) is 8.15. The Balaban J connectivity index is 0.000000225. The lowest BCUT2D eigenvalue weighted by atomic mass is 10.2. The average Bonchev–Trinajstić information content (AvgIpc) is 3.10. The van der Waals surface area contributed by atoms with Crippen molar-refractivity contribution in [2.75, 3.05) is 24.2 Å². The number of amidine groups is 1. The third-order valence-corrected chi connectivity index (χ3v) is 5.35. The molecule has 1 fully saturated rings. The highest BCUT2D eigenvalue weighted by molar-refractivity contribution is 8.15. The molecule has 2 aromatic carbocycles. The molecule has 31 heavy (non-hydrogen) atoms. The number of aryl methyl sites for hydroxylation is 2. The van der Waals surface area contributed by atoms with Crippen LogP contribution in [0.15, 0.2) is 78.8 Å². The van der Waals surface area contributed by atoms with Crippen LogP contribution in [0.3, 0.4) is 0 Å². The van der Waals surface area contributed by atoms with Gasteiger partial charge in [0, 0.05) is 18.8 Å². The summed E-state index contributed by atoms with van der Waals surface area (Å²) in [7, 11) is 0. The molecule has 2 aromatic rings. The van der Waals surface area contributed by atoms with Gasteiger partial charge < -0.3 is 10.6 Å². The van der Waals surface area contributed by atoms with Crippen LogP contribution < -0.4 is 10.6 Å². The van der Waals surface area contributed by atoms with Crippen molar-refractivity contribution in [3.63, 3.8) is 0 Å². The van der Waals surface area contributed by atoms with Crippen LogP contribution >= 0.6 is 24.0 Å². The molecule has 0 aliphatic carbocycles. The molecule has 0 unspecified atom stereocenters. The van der Waals surface area contributed by atoms with E-state index in [1.54, 1.807) is 17.1 Å². The van der Waals surface area contributed by atoms with Crippen molar-refractivity contribution < 1.29 is 4.79 Å². The van der Waals surface area contributed by atoms with Gasteiger partial charge in [0.25, 0.3) is 0 Å². The minimum atomic E-state index is 0.0979. The molecule has 5 nitrogen and oxygen atoms in total. The van der Waals surface area contributed by atoms with E-state index in [0.29, 0.717) is 24.0 Å². The molecule has 3 rings (SSSR count). The van der Waals surface area contributed by atoms with Crippen molar-refractivity contribution in [1.82, 2.24) is 10.2 Å². The zero-order chi connectivity index (χ0) is 22.6. The molecule has 1 amide bonds. The molecule has 7 heteroatoms. The first kappa shape index (κ1) is 24.4. The molecule has 2 N–H and O–H groups in total. The molecule has 162 valence electrons. The number of nitrogens with one attached hydrogen (secondary N) is 2. The summed E-state index contributed by atoms with van der Waals surface area (Å²) in [6.07, 6.45) is 3.48. The van der Waals surface area contributed by atoms with Gasteiger partial charge in [-0.15, -0.1) is 13.2 Å². The summed E-state index contributed by atoms with van der Waals surface area (Å²) >= 11 is 6.54. The number of amides is 1. The van der Waals surface area contributed by atoms with E-state index in [9.17, 15) is 4.79 Å².